The minimum absolute atomic E-state index is 0.113. The van der Waals surface area contributed by atoms with Crippen molar-refractivity contribution in [2.75, 3.05) is 19.7 Å². The second kappa shape index (κ2) is 7.74. The van der Waals surface area contributed by atoms with Crippen LogP contribution in [0.25, 0.3) is 0 Å². The summed E-state index contributed by atoms with van der Waals surface area (Å²) in [4.78, 5) is 11.5. The zero-order valence-corrected chi connectivity index (χ0v) is 11.4. The van der Waals surface area contributed by atoms with Crippen molar-refractivity contribution in [3.8, 4) is 5.75 Å². The van der Waals surface area contributed by atoms with Gasteiger partial charge in [-0.1, -0.05) is 13.8 Å². The third-order valence-corrected chi connectivity index (χ3v) is 2.44. The SMILES string of the molecule is CC(C)CNC(=O)COc1cc(F)cc(CCN)c1. The molecule has 19 heavy (non-hydrogen) atoms. The molecule has 3 N–H and O–H groups in total. The van der Waals surface area contributed by atoms with Crippen LogP contribution in [-0.4, -0.2) is 25.6 Å². The Kier molecular flexibility index (Phi) is 6.29. The summed E-state index contributed by atoms with van der Waals surface area (Å²) < 4.78 is 18.6. The van der Waals surface area contributed by atoms with E-state index in [4.69, 9.17) is 10.5 Å². The summed E-state index contributed by atoms with van der Waals surface area (Å²) in [5, 5.41) is 2.73. The lowest BCUT2D eigenvalue weighted by Crippen LogP contribution is -2.31. The molecule has 0 aliphatic carbocycles. The number of carbonyl (C=O) groups excluding carboxylic acids is 1. The van der Waals surface area contributed by atoms with Gasteiger partial charge in [0.15, 0.2) is 6.61 Å². The van der Waals surface area contributed by atoms with E-state index in [0.717, 1.165) is 5.56 Å². The number of hydrogen-bond donors (Lipinski definition) is 2. The standard InChI is InChI=1S/C14H21FN2O2/c1-10(2)8-17-14(18)9-19-13-6-11(3-4-16)5-12(15)7-13/h5-7,10H,3-4,8-9,16H2,1-2H3,(H,17,18). The molecule has 4 nitrogen and oxygen atoms in total. The molecule has 106 valence electrons. The fourth-order valence-corrected chi connectivity index (χ4v) is 1.53. The zero-order chi connectivity index (χ0) is 14.3. The van der Waals surface area contributed by atoms with E-state index in [1.54, 1.807) is 6.07 Å². The van der Waals surface area contributed by atoms with Crippen LogP contribution >= 0.6 is 0 Å². The van der Waals surface area contributed by atoms with Crippen LogP contribution in [0, 0.1) is 11.7 Å². The Balaban J connectivity index is 2.50. The number of halogens is 1. The summed E-state index contributed by atoms with van der Waals surface area (Å²) in [5.74, 6) is 0.138. The lowest BCUT2D eigenvalue weighted by atomic mass is 10.1. The maximum Gasteiger partial charge on any atom is 0.257 e. The van der Waals surface area contributed by atoms with Crippen molar-refractivity contribution in [2.45, 2.75) is 20.3 Å². The highest BCUT2D eigenvalue weighted by Crippen LogP contribution is 2.16. The maximum atomic E-state index is 13.3. The summed E-state index contributed by atoms with van der Waals surface area (Å²) in [6, 6.07) is 4.37. The van der Waals surface area contributed by atoms with Gasteiger partial charge in [0.2, 0.25) is 0 Å². The highest BCUT2D eigenvalue weighted by Gasteiger charge is 2.06. The molecule has 0 heterocycles. The lowest BCUT2D eigenvalue weighted by molar-refractivity contribution is -0.123. The topological polar surface area (TPSA) is 64.3 Å². The summed E-state index contributed by atoms with van der Waals surface area (Å²) in [5.41, 5.74) is 6.19. The molecule has 1 rings (SSSR count). The van der Waals surface area contributed by atoms with Gasteiger partial charge in [0.05, 0.1) is 0 Å². The highest BCUT2D eigenvalue weighted by molar-refractivity contribution is 5.77. The van der Waals surface area contributed by atoms with Crippen molar-refractivity contribution in [3.05, 3.63) is 29.6 Å². The van der Waals surface area contributed by atoms with Crippen LogP contribution < -0.4 is 15.8 Å². The van der Waals surface area contributed by atoms with Gasteiger partial charge in [-0.2, -0.15) is 0 Å². The predicted octanol–water partition coefficient (Wildman–Crippen LogP) is 1.48. The van der Waals surface area contributed by atoms with Gasteiger partial charge in [0, 0.05) is 12.6 Å². The van der Waals surface area contributed by atoms with Crippen molar-refractivity contribution in [1.29, 1.82) is 0 Å². The minimum Gasteiger partial charge on any atom is -0.484 e. The average Bonchev–Trinajstić information content (AvgIpc) is 2.33. The first-order valence-corrected chi connectivity index (χ1v) is 6.40. The number of ether oxygens (including phenoxy) is 1. The van der Waals surface area contributed by atoms with Gasteiger partial charge in [-0.15, -0.1) is 0 Å². The molecule has 1 aromatic rings. The van der Waals surface area contributed by atoms with E-state index < -0.39 is 0 Å². The van der Waals surface area contributed by atoms with E-state index in [-0.39, 0.29) is 18.3 Å². The normalized spacial score (nSPS) is 10.6. The molecule has 0 atom stereocenters. The third-order valence-electron chi connectivity index (χ3n) is 2.44. The first-order valence-electron chi connectivity index (χ1n) is 6.40. The van der Waals surface area contributed by atoms with E-state index in [2.05, 4.69) is 5.32 Å². The first kappa shape index (κ1) is 15.4. The summed E-state index contributed by atoms with van der Waals surface area (Å²) >= 11 is 0. The Morgan fingerprint density at radius 1 is 1.42 bits per heavy atom. The number of rotatable bonds is 7. The van der Waals surface area contributed by atoms with Gasteiger partial charge in [0.25, 0.3) is 5.91 Å². The minimum atomic E-state index is -0.386. The number of nitrogens with two attached hydrogens (primary N) is 1. The fraction of sp³-hybridized carbons (Fsp3) is 0.500. The van der Waals surface area contributed by atoms with Crippen LogP contribution in [0.4, 0.5) is 4.39 Å². The van der Waals surface area contributed by atoms with Crippen molar-refractivity contribution >= 4 is 5.91 Å². The molecule has 0 saturated carbocycles. The smallest absolute Gasteiger partial charge is 0.257 e. The first-order chi connectivity index (χ1) is 9.01. The van der Waals surface area contributed by atoms with E-state index in [9.17, 15) is 9.18 Å². The number of nitrogens with one attached hydrogen (secondary N) is 1. The quantitative estimate of drug-likeness (QED) is 0.787. The van der Waals surface area contributed by atoms with Gasteiger partial charge in [-0.25, -0.2) is 4.39 Å². The summed E-state index contributed by atoms with van der Waals surface area (Å²) in [6.07, 6.45) is 0.577. The molecule has 0 fully saturated rings. The Morgan fingerprint density at radius 2 is 2.16 bits per heavy atom. The Labute approximate surface area is 113 Å². The largest absolute Gasteiger partial charge is 0.484 e. The predicted molar refractivity (Wildman–Crippen MR) is 72.5 cm³/mol. The zero-order valence-electron chi connectivity index (χ0n) is 11.4. The van der Waals surface area contributed by atoms with Crippen molar-refractivity contribution in [1.82, 2.24) is 5.32 Å². The Bertz CT molecular complexity index is 422. The molecule has 1 aromatic carbocycles. The van der Waals surface area contributed by atoms with Gasteiger partial charge in [-0.05, 0) is 36.6 Å². The van der Waals surface area contributed by atoms with Crippen LogP contribution in [0.5, 0.6) is 5.75 Å². The molecular formula is C14H21FN2O2. The average molecular weight is 268 g/mol. The van der Waals surface area contributed by atoms with E-state index in [1.165, 1.54) is 12.1 Å². The molecule has 0 aromatic heterocycles. The van der Waals surface area contributed by atoms with Gasteiger partial charge in [0.1, 0.15) is 11.6 Å². The molecule has 0 aliphatic heterocycles. The number of carbonyl (C=O) groups is 1. The molecule has 1 amide bonds. The molecule has 0 radical (unpaired) electrons. The van der Waals surface area contributed by atoms with Crippen molar-refractivity contribution in [3.63, 3.8) is 0 Å². The molecule has 0 bridgehead atoms. The lowest BCUT2D eigenvalue weighted by Gasteiger charge is -2.10. The molecule has 0 saturated heterocycles. The van der Waals surface area contributed by atoms with Crippen LogP contribution in [0.2, 0.25) is 0 Å². The molecule has 5 heteroatoms. The number of amides is 1. The third kappa shape index (κ3) is 6.20. The van der Waals surface area contributed by atoms with E-state index >= 15 is 0 Å². The molecule has 0 aliphatic rings. The number of hydrogen-bond acceptors (Lipinski definition) is 3. The second-order valence-corrected chi connectivity index (χ2v) is 4.82. The van der Waals surface area contributed by atoms with Gasteiger partial charge in [-0.3, -0.25) is 4.79 Å². The van der Waals surface area contributed by atoms with E-state index in [0.29, 0.717) is 31.2 Å². The van der Waals surface area contributed by atoms with Crippen molar-refractivity contribution in [2.24, 2.45) is 11.7 Å². The van der Waals surface area contributed by atoms with E-state index in [1.807, 2.05) is 13.8 Å². The molecule has 0 spiro atoms. The van der Waals surface area contributed by atoms with Crippen LogP contribution in [-0.2, 0) is 11.2 Å². The van der Waals surface area contributed by atoms with Crippen LogP contribution in [0.1, 0.15) is 19.4 Å². The summed E-state index contributed by atoms with van der Waals surface area (Å²) in [7, 11) is 0. The molecular weight excluding hydrogens is 247 g/mol. The van der Waals surface area contributed by atoms with Crippen molar-refractivity contribution < 1.29 is 13.9 Å². The van der Waals surface area contributed by atoms with Crippen LogP contribution in [0.15, 0.2) is 18.2 Å². The maximum absolute atomic E-state index is 13.3. The Morgan fingerprint density at radius 3 is 2.79 bits per heavy atom. The fourth-order valence-electron chi connectivity index (χ4n) is 1.53. The number of benzene rings is 1. The van der Waals surface area contributed by atoms with Gasteiger partial charge < -0.3 is 15.8 Å². The van der Waals surface area contributed by atoms with Gasteiger partial charge >= 0.3 is 0 Å². The summed E-state index contributed by atoms with van der Waals surface area (Å²) in [6.45, 7) is 4.94. The van der Waals surface area contributed by atoms with Crippen LogP contribution in [0.3, 0.4) is 0 Å². The molecule has 0 unspecified atom stereocenters. The Hall–Kier alpha value is -1.62. The highest BCUT2D eigenvalue weighted by atomic mass is 19.1. The second-order valence-electron chi connectivity index (χ2n) is 4.82. The monoisotopic (exact) mass is 268 g/mol.